The summed E-state index contributed by atoms with van der Waals surface area (Å²) in [6.07, 6.45) is 0. The van der Waals surface area contributed by atoms with Gasteiger partial charge >= 0.3 is 0 Å². The van der Waals surface area contributed by atoms with Crippen molar-refractivity contribution in [2.75, 3.05) is 0 Å². The van der Waals surface area contributed by atoms with E-state index >= 15 is 0 Å². The number of hydrogen-bond acceptors (Lipinski definition) is 2. The van der Waals surface area contributed by atoms with Crippen LogP contribution in [0, 0.1) is 10.1 Å². The zero-order chi connectivity index (χ0) is 17.4. The van der Waals surface area contributed by atoms with Crippen LogP contribution < -0.4 is 0 Å². The van der Waals surface area contributed by atoms with Gasteiger partial charge in [0.1, 0.15) is 0 Å². The van der Waals surface area contributed by atoms with Gasteiger partial charge in [-0.3, -0.25) is 10.1 Å². The van der Waals surface area contributed by atoms with Crippen LogP contribution in [0.15, 0.2) is 42.5 Å². The van der Waals surface area contributed by atoms with Crippen molar-refractivity contribution in [3.63, 3.8) is 0 Å². The second kappa shape index (κ2) is 5.80. The molecule has 0 saturated carbocycles. The van der Waals surface area contributed by atoms with E-state index in [1.165, 1.54) is 0 Å². The van der Waals surface area contributed by atoms with E-state index in [2.05, 4.69) is 26.8 Å². The SMILES string of the molecule is CC(C)(C)c1ccc(-c2ccccc2)c([N+](=O)[O-])c1C(C)(C)C. The lowest BCUT2D eigenvalue weighted by molar-refractivity contribution is -0.385. The third-order valence-corrected chi connectivity index (χ3v) is 4.00. The Morgan fingerprint density at radius 2 is 1.39 bits per heavy atom. The molecular formula is C20H25NO2. The molecule has 3 nitrogen and oxygen atoms in total. The van der Waals surface area contributed by atoms with Crippen molar-refractivity contribution in [1.29, 1.82) is 0 Å². The highest BCUT2D eigenvalue weighted by Gasteiger charge is 2.34. The van der Waals surface area contributed by atoms with Crippen molar-refractivity contribution in [3.8, 4) is 11.1 Å². The second-order valence-electron chi connectivity index (χ2n) is 8.01. The van der Waals surface area contributed by atoms with Crippen LogP contribution in [0.1, 0.15) is 52.7 Å². The Morgan fingerprint density at radius 3 is 1.83 bits per heavy atom. The summed E-state index contributed by atoms with van der Waals surface area (Å²) >= 11 is 0. The van der Waals surface area contributed by atoms with E-state index in [1.807, 2.05) is 57.2 Å². The topological polar surface area (TPSA) is 43.1 Å². The fourth-order valence-corrected chi connectivity index (χ4v) is 3.02. The molecule has 0 aliphatic carbocycles. The van der Waals surface area contributed by atoms with Crippen molar-refractivity contribution < 1.29 is 4.92 Å². The van der Waals surface area contributed by atoms with Crippen molar-refractivity contribution in [2.45, 2.75) is 52.4 Å². The molecule has 0 aromatic heterocycles. The summed E-state index contributed by atoms with van der Waals surface area (Å²) in [5.41, 5.74) is 3.21. The molecule has 0 bridgehead atoms. The van der Waals surface area contributed by atoms with Crippen LogP contribution >= 0.6 is 0 Å². The third kappa shape index (κ3) is 3.44. The van der Waals surface area contributed by atoms with E-state index in [0.717, 1.165) is 16.7 Å². The molecule has 0 aliphatic rings. The van der Waals surface area contributed by atoms with E-state index in [0.29, 0.717) is 5.56 Å². The van der Waals surface area contributed by atoms with Gasteiger partial charge in [-0.05, 0) is 28.0 Å². The lowest BCUT2D eigenvalue weighted by atomic mass is 9.73. The molecule has 0 saturated heterocycles. The maximum Gasteiger partial charge on any atom is 0.281 e. The number of nitro benzene ring substituents is 1. The molecule has 2 aromatic rings. The van der Waals surface area contributed by atoms with Gasteiger partial charge in [0.25, 0.3) is 5.69 Å². The largest absolute Gasteiger partial charge is 0.281 e. The second-order valence-corrected chi connectivity index (χ2v) is 8.01. The van der Waals surface area contributed by atoms with Crippen molar-refractivity contribution in [1.82, 2.24) is 0 Å². The van der Waals surface area contributed by atoms with E-state index < -0.39 is 0 Å². The smallest absolute Gasteiger partial charge is 0.258 e. The molecule has 122 valence electrons. The van der Waals surface area contributed by atoms with Crippen LogP contribution in [-0.4, -0.2) is 4.92 Å². The van der Waals surface area contributed by atoms with Gasteiger partial charge in [0, 0.05) is 5.56 Å². The van der Waals surface area contributed by atoms with Gasteiger partial charge in [0.05, 0.1) is 10.5 Å². The summed E-state index contributed by atoms with van der Waals surface area (Å²) in [5.74, 6) is 0. The Bertz CT molecular complexity index is 720. The molecule has 0 unspecified atom stereocenters. The standard InChI is InChI=1S/C20H25NO2/c1-19(2,3)16-13-12-15(14-10-8-7-9-11-14)18(21(22)23)17(16)20(4,5)6/h7-13H,1-6H3. The quantitative estimate of drug-likeness (QED) is 0.515. The molecule has 23 heavy (non-hydrogen) atoms. The first-order valence-corrected chi connectivity index (χ1v) is 7.91. The van der Waals surface area contributed by atoms with Gasteiger partial charge in [-0.1, -0.05) is 77.9 Å². The molecule has 0 aliphatic heterocycles. The number of rotatable bonds is 2. The molecule has 0 spiro atoms. The number of nitro groups is 1. The molecule has 0 heterocycles. The first kappa shape index (κ1) is 17.2. The highest BCUT2D eigenvalue weighted by atomic mass is 16.6. The predicted octanol–water partition coefficient (Wildman–Crippen LogP) is 5.86. The molecule has 0 atom stereocenters. The zero-order valence-corrected chi connectivity index (χ0v) is 14.8. The van der Waals surface area contributed by atoms with E-state index in [9.17, 15) is 10.1 Å². The molecule has 0 N–H and O–H groups in total. The highest BCUT2D eigenvalue weighted by Crippen LogP contribution is 2.44. The first-order valence-electron chi connectivity index (χ1n) is 7.91. The fraction of sp³-hybridized carbons (Fsp3) is 0.400. The third-order valence-electron chi connectivity index (χ3n) is 4.00. The normalized spacial score (nSPS) is 12.3. The summed E-state index contributed by atoms with van der Waals surface area (Å²) in [6.45, 7) is 12.4. The molecule has 0 fully saturated rings. The lowest BCUT2D eigenvalue weighted by Crippen LogP contribution is -2.23. The Morgan fingerprint density at radius 1 is 0.826 bits per heavy atom. The average molecular weight is 311 g/mol. The minimum Gasteiger partial charge on any atom is -0.258 e. The summed E-state index contributed by atoms with van der Waals surface area (Å²) in [6, 6.07) is 13.5. The first-order chi connectivity index (χ1) is 10.5. The summed E-state index contributed by atoms with van der Waals surface area (Å²) in [4.78, 5) is 11.7. The predicted molar refractivity (Wildman–Crippen MR) is 95.9 cm³/mol. The van der Waals surface area contributed by atoms with Crippen LogP contribution in [0.5, 0.6) is 0 Å². The molecular weight excluding hydrogens is 286 g/mol. The van der Waals surface area contributed by atoms with Gasteiger partial charge in [-0.15, -0.1) is 0 Å². The highest BCUT2D eigenvalue weighted by molar-refractivity contribution is 5.77. The Kier molecular flexibility index (Phi) is 4.34. The van der Waals surface area contributed by atoms with Crippen LogP contribution in [0.3, 0.4) is 0 Å². The summed E-state index contributed by atoms with van der Waals surface area (Å²) in [5, 5.41) is 11.9. The molecule has 2 rings (SSSR count). The van der Waals surface area contributed by atoms with Crippen LogP contribution in [0.25, 0.3) is 11.1 Å². The molecule has 0 radical (unpaired) electrons. The van der Waals surface area contributed by atoms with Crippen molar-refractivity contribution in [2.24, 2.45) is 0 Å². The van der Waals surface area contributed by atoms with Crippen molar-refractivity contribution in [3.05, 3.63) is 63.7 Å². The molecule has 2 aromatic carbocycles. The van der Waals surface area contributed by atoms with Gasteiger partial charge in [0.15, 0.2) is 0 Å². The van der Waals surface area contributed by atoms with E-state index in [1.54, 1.807) is 0 Å². The van der Waals surface area contributed by atoms with Gasteiger partial charge in [-0.25, -0.2) is 0 Å². The van der Waals surface area contributed by atoms with Crippen LogP contribution in [0.4, 0.5) is 5.69 Å². The zero-order valence-electron chi connectivity index (χ0n) is 14.8. The summed E-state index contributed by atoms with van der Waals surface area (Å²) < 4.78 is 0. The average Bonchev–Trinajstić information content (AvgIpc) is 2.44. The van der Waals surface area contributed by atoms with Gasteiger partial charge in [0.2, 0.25) is 0 Å². The van der Waals surface area contributed by atoms with Gasteiger partial charge < -0.3 is 0 Å². The van der Waals surface area contributed by atoms with Crippen LogP contribution in [-0.2, 0) is 10.8 Å². The minimum atomic E-state index is -0.310. The number of hydrogen-bond donors (Lipinski definition) is 0. The van der Waals surface area contributed by atoms with Crippen LogP contribution in [0.2, 0.25) is 0 Å². The number of nitrogens with zero attached hydrogens (tertiary/aromatic N) is 1. The maximum atomic E-state index is 11.9. The fourth-order valence-electron chi connectivity index (χ4n) is 3.02. The van der Waals surface area contributed by atoms with E-state index in [-0.39, 0.29) is 21.4 Å². The Hall–Kier alpha value is -2.16. The molecule has 0 amide bonds. The summed E-state index contributed by atoms with van der Waals surface area (Å²) in [7, 11) is 0. The van der Waals surface area contributed by atoms with Gasteiger partial charge in [-0.2, -0.15) is 0 Å². The monoisotopic (exact) mass is 311 g/mol. The maximum absolute atomic E-state index is 11.9. The lowest BCUT2D eigenvalue weighted by Gasteiger charge is -2.30. The Labute approximate surface area is 138 Å². The minimum absolute atomic E-state index is 0.150. The number of benzene rings is 2. The molecule has 3 heteroatoms. The van der Waals surface area contributed by atoms with E-state index in [4.69, 9.17) is 0 Å². The van der Waals surface area contributed by atoms with Crippen molar-refractivity contribution >= 4 is 5.69 Å². The Balaban J connectivity index is 2.91.